The summed E-state index contributed by atoms with van der Waals surface area (Å²) in [5.41, 5.74) is 1.61. The molecule has 0 aromatic heterocycles. The number of carbonyl (C=O) groups is 4. The van der Waals surface area contributed by atoms with Gasteiger partial charge in [0.2, 0.25) is 0 Å². The first-order valence-electron chi connectivity index (χ1n) is 15.9. The molecule has 14 nitrogen and oxygen atoms in total. The topological polar surface area (TPSA) is 234 Å². The van der Waals surface area contributed by atoms with Gasteiger partial charge < -0.3 is 35.0 Å². The summed E-state index contributed by atoms with van der Waals surface area (Å²) < 4.78 is 38.8. The Morgan fingerprint density at radius 2 is 1.00 bits per heavy atom. The van der Waals surface area contributed by atoms with Crippen molar-refractivity contribution in [2.45, 2.75) is 44.9 Å². The first kappa shape index (κ1) is 51.9. The Hall–Kier alpha value is -4.16. The summed E-state index contributed by atoms with van der Waals surface area (Å²) in [4.78, 5) is 44.6. The van der Waals surface area contributed by atoms with E-state index in [0.717, 1.165) is 19.3 Å². The fourth-order valence-corrected chi connectivity index (χ4v) is 4.97. The van der Waals surface area contributed by atoms with Gasteiger partial charge in [-0.3, -0.25) is 4.79 Å². The number of amides is 1. The molecule has 0 fully saturated rings. The molecular weight excluding hydrogens is 746 g/mol. The van der Waals surface area contributed by atoms with E-state index in [1.807, 2.05) is 18.6 Å². The van der Waals surface area contributed by atoms with E-state index in [9.17, 15) is 27.6 Å². The number of esters is 3. The molecule has 0 unspecified atom stereocenters. The molecule has 17 heteroatoms. The molecule has 1 aliphatic rings. The number of ether oxygens (including phenoxy) is 3. The number of phenolic OH excluding ortho intramolecular Hbond substituents is 3. The number of benzene rings is 4. The Balaban J connectivity index is 0. The fourth-order valence-electron chi connectivity index (χ4n) is 3.80. The molecule has 0 saturated carbocycles. The van der Waals surface area contributed by atoms with Crippen molar-refractivity contribution < 1.29 is 62.6 Å². The van der Waals surface area contributed by atoms with Crippen molar-refractivity contribution in [2.75, 3.05) is 19.8 Å². The van der Waals surface area contributed by atoms with E-state index in [0.29, 0.717) is 36.5 Å². The van der Waals surface area contributed by atoms with Crippen LogP contribution < -0.4 is 4.72 Å². The molecule has 1 heterocycles. The van der Waals surface area contributed by atoms with Crippen LogP contribution in [-0.4, -0.2) is 125 Å². The Labute approximate surface area is 352 Å². The number of unbranched alkanes of at least 4 members (excludes halogenated alkanes) is 1. The predicted octanol–water partition coefficient (Wildman–Crippen LogP) is 3.61. The third-order valence-corrected chi connectivity index (χ3v) is 7.79. The van der Waals surface area contributed by atoms with Crippen LogP contribution in [0.15, 0.2) is 102 Å². The first-order valence-corrected chi connectivity index (χ1v) is 17.4. The van der Waals surface area contributed by atoms with Gasteiger partial charge in [0.25, 0.3) is 15.9 Å². The van der Waals surface area contributed by atoms with Gasteiger partial charge in [-0.15, -0.1) is 0 Å². The molecule has 4 aromatic rings. The molecule has 0 saturated heterocycles. The monoisotopic (exact) mass is 791 g/mol. The minimum absolute atomic E-state index is 0. The fraction of sp³-hybridized carbons (Fsp3) is 0.243. The normalized spacial score (nSPS) is 11.1. The maximum absolute atomic E-state index is 11.3. The van der Waals surface area contributed by atoms with Crippen molar-refractivity contribution in [3.05, 3.63) is 119 Å². The van der Waals surface area contributed by atoms with Crippen LogP contribution in [0.3, 0.4) is 0 Å². The molecule has 286 valence electrons. The third kappa shape index (κ3) is 18.2. The van der Waals surface area contributed by atoms with Crippen LogP contribution in [-0.2, 0) is 24.2 Å². The zero-order valence-electron chi connectivity index (χ0n) is 28.9. The van der Waals surface area contributed by atoms with E-state index in [1.54, 1.807) is 31.2 Å². The molecule has 6 N–H and O–H groups in total. The van der Waals surface area contributed by atoms with E-state index in [1.165, 1.54) is 72.8 Å². The number of nitrogens with one attached hydrogen (secondary N) is 1. The molecule has 0 radical (unpaired) electrons. The molecule has 4 aromatic carbocycles. The quantitative estimate of drug-likeness (QED) is 0.0824. The van der Waals surface area contributed by atoms with E-state index < -0.39 is 15.9 Å². The summed E-state index contributed by atoms with van der Waals surface area (Å²) in [5.74, 6) is -1.16. The van der Waals surface area contributed by atoms with Gasteiger partial charge in [-0.25, -0.2) is 27.5 Å². The van der Waals surface area contributed by atoms with E-state index >= 15 is 0 Å². The average molecular weight is 792 g/mol. The Morgan fingerprint density at radius 3 is 1.37 bits per heavy atom. The molecule has 0 aliphatic carbocycles. The van der Waals surface area contributed by atoms with Crippen molar-refractivity contribution in [1.29, 1.82) is 0 Å². The van der Waals surface area contributed by atoms with Crippen LogP contribution in [0.25, 0.3) is 0 Å². The summed E-state index contributed by atoms with van der Waals surface area (Å²) in [7, 11) is -3.55. The van der Waals surface area contributed by atoms with Crippen LogP contribution in [0, 0.1) is 0 Å². The minimum atomic E-state index is -3.55. The van der Waals surface area contributed by atoms with Crippen LogP contribution in [0.2, 0.25) is 0 Å². The maximum atomic E-state index is 11.3. The van der Waals surface area contributed by atoms with E-state index in [-0.39, 0.29) is 104 Å². The van der Waals surface area contributed by atoms with Gasteiger partial charge >= 0.3 is 70.5 Å². The van der Waals surface area contributed by atoms with Crippen LogP contribution >= 0.6 is 0 Å². The van der Waals surface area contributed by atoms with Gasteiger partial charge in [-0.05, 0) is 105 Å². The number of fused-ring (bicyclic) bond motifs is 1. The average Bonchev–Trinajstić information content (AvgIpc) is 3.36. The number of rotatable bonds is 9. The summed E-state index contributed by atoms with van der Waals surface area (Å²) >= 11 is 0. The van der Waals surface area contributed by atoms with Gasteiger partial charge in [0, 0.05) is 0 Å². The predicted molar refractivity (Wildman–Crippen MR) is 206 cm³/mol. The third-order valence-electron chi connectivity index (χ3n) is 6.40. The molecule has 1 aliphatic heterocycles. The van der Waals surface area contributed by atoms with Crippen molar-refractivity contribution >= 4 is 86.4 Å². The summed E-state index contributed by atoms with van der Waals surface area (Å²) in [6.45, 7) is 6.96. The standard InChI is InChI=1S/C11H14O3.C10H12O3.C9H10O3.C7H5NO3S.Mg.Na.H2O.3H/c1-2-3-8-14-11(13)9-4-6-10(12)7-5-9;1-2-7-13-10(12)8-3-5-9(11)6-4-8;1-2-12-9(11)7-3-5-8(10)6-4-7;9-7-5-3-1-2-4-6(5)12(10,11)8-7;;;;;;/h4-7,12H,2-3,8H2,1H3;3-6,11H,2,7H2,1H3;3-6,10H,2H2,1H3;1-4H,(H,8,9);;;1H2;;;. The van der Waals surface area contributed by atoms with Crippen LogP contribution in [0.5, 0.6) is 17.2 Å². The molecule has 5 rings (SSSR count). The van der Waals surface area contributed by atoms with E-state index in [2.05, 4.69) is 0 Å². The molecule has 0 spiro atoms. The number of carbonyl (C=O) groups excluding carboxylic acids is 4. The van der Waals surface area contributed by atoms with Gasteiger partial charge in [0.1, 0.15) is 22.1 Å². The second-order valence-corrected chi connectivity index (χ2v) is 12.1. The van der Waals surface area contributed by atoms with E-state index in [4.69, 9.17) is 29.5 Å². The Bertz CT molecular complexity index is 1840. The number of phenols is 3. The summed E-state index contributed by atoms with van der Waals surface area (Å²) in [5, 5.41) is 26.9. The molecule has 0 bridgehead atoms. The number of hydrogen-bond acceptors (Lipinski definition) is 12. The molecule has 1 amide bonds. The second-order valence-electron chi connectivity index (χ2n) is 10.4. The van der Waals surface area contributed by atoms with Gasteiger partial charge in [0.05, 0.1) is 42.1 Å². The van der Waals surface area contributed by atoms with Crippen molar-refractivity contribution in [3.63, 3.8) is 0 Å². The number of aromatic hydroxyl groups is 3. The van der Waals surface area contributed by atoms with Crippen LogP contribution in [0.4, 0.5) is 0 Å². The molecular formula is C37H46MgNNaO13S. The van der Waals surface area contributed by atoms with Crippen LogP contribution in [0.1, 0.15) is 81.5 Å². The summed E-state index contributed by atoms with van der Waals surface area (Å²) in [6.07, 6.45) is 2.69. The first-order chi connectivity index (χ1) is 24.3. The van der Waals surface area contributed by atoms with Crippen molar-refractivity contribution in [3.8, 4) is 17.2 Å². The summed E-state index contributed by atoms with van der Waals surface area (Å²) in [6, 6.07) is 24.1. The van der Waals surface area contributed by atoms with Gasteiger partial charge in [0.15, 0.2) is 0 Å². The zero-order valence-corrected chi connectivity index (χ0v) is 29.7. The second kappa shape index (κ2) is 27.4. The van der Waals surface area contributed by atoms with Gasteiger partial charge in [-0.1, -0.05) is 32.4 Å². The molecule has 54 heavy (non-hydrogen) atoms. The Morgan fingerprint density at radius 1 is 0.611 bits per heavy atom. The zero-order chi connectivity index (χ0) is 37.8. The van der Waals surface area contributed by atoms with Gasteiger partial charge in [-0.2, -0.15) is 0 Å². The van der Waals surface area contributed by atoms with Crippen molar-refractivity contribution in [1.82, 2.24) is 4.72 Å². The number of sulfonamides is 1. The number of hydrogen-bond donors (Lipinski definition) is 4. The van der Waals surface area contributed by atoms with Crippen molar-refractivity contribution in [2.24, 2.45) is 0 Å². The SMILES string of the molecule is CCCCOC(=O)c1ccc(O)cc1.CCCOC(=O)c1ccc(O)cc1.CCOC(=O)c1ccc(O)cc1.O.O=C1NS(=O)(=O)c2ccccc21.[MgH2].[NaH]. The molecule has 0 atom stereocenters. The Kier molecular flexibility index (Phi) is 26.4.